The summed E-state index contributed by atoms with van der Waals surface area (Å²) in [5.74, 6) is -0.253. The Morgan fingerprint density at radius 3 is 2.95 bits per heavy atom. The number of epoxide rings is 1. The summed E-state index contributed by atoms with van der Waals surface area (Å²) in [6.45, 7) is 5.94. The van der Waals surface area contributed by atoms with E-state index in [0.29, 0.717) is 6.42 Å². The molecule has 4 nitrogen and oxygen atoms in total. The number of aliphatic hydroxyl groups excluding tert-OH is 1. The topological polar surface area (TPSA) is 59.1 Å². The molecule has 0 spiro atoms. The van der Waals surface area contributed by atoms with Gasteiger partial charge in [-0.2, -0.15) is 0 Å². The van der Waals surface area contributed by atoms with Crippen LogP contribution in [0.4, 0.5) is 0 Å². The van der Waals surface area contributed by atoms with Crippen LogP contribution in [0.15, 0.2) is 11.6 Å². The van der Waals surface area contributed by atoms with Crippen LogP contribution in [0.1, 0.15) is 40.0 Å². The fraction of sp³-hybridized carbons (Fsp3) is 0.800. The van der Waals surface area contributed by atoms with Gasteiger partial charge in [0.15, 0.2) is 0 Å². The summed E-state index contributed by atoms with van der Waals surface area (Å²) in [4.78, 5) is 11.8. The van der Waals surface area contributed by atoms with Crippen molar-refractivity contribution in [2.75, 3.05) is 0 Å². The van der Waals surface area contributed by atoms with Gasteiger partial charge in [-0.1, -0.05) is 13.0 Å². The number of carbonyl (C=O) groups excluding carboxylic acids is 1. The van der Waals surface area contributed by atoms with E-state index in [9.17, 15) is 9.90 Å². The lowest BCUT2D eigenvalue weighted by Crippen LogP contribution is -2.32. The van der Waals surface area contributed by atoms with Gasteiger partial charge in [0.25, 0.3) is 0 Å². The highest BCUT2D eigenvalue weighted by Gasteiger charge is 2.62. The predicted molar refractivity (Wildman–Crippen MR) is 69.4 cm³/mol. The van der Waals surface area contributed by atoms with Crippen molar-refractivity contribution in [1.29, 1.82) is 0 Å². The number of hydrogen-bond acceptors (Lipinski definition) is 4. The van der Waals surface area contributed by atoms with Crippen LogP contribution in [-0.2, 0) is 14.3 Å². The third-order valence-corrected chi connectivity index (χ3v) is 5.06. The summed E-state index contributed by atoms with van der Waals surface area (Å²) in [6.07, 6.45) is 3.83. The highest BCUT2D eigenvalue weighted by molar-refractivity contribution is 5.75. The maximum absolute atomic E-state index is 11.8. The first-order valence-electron chi connectivity index (χ1n) is 7.15. The Morgan fingerprint density at radius 1 is 1.47 bits per heavy atom. The average molecular weight is 266 g/mol. The Hall–Kier alpha value is -0.870. The van der Waals surface area contributed by atoms with Crippen molar-refractivity contribution in [2.45, 2.75) is 63.9 Å². The fourth-order valence-electron chi connectivity index (χ4n) is 3.45. The number of aliphatic hydroxyl groups is 1. The van der Waals surface area contributed by atoms with Crippen LogP contribution in [0.5, 0.6) is 0 Å². The van der Waals surface area contributed by atoms with Crippen molar-refractivity contribution in [3.8, 4) is 0 Å². The first-order valence-corrected chi connectivity index (χ1v) is 7.15. The maximum Gasteiger partial charge on any atom is 0.309 e. The number of allylic oxidation sites excluding steroid dienone is 1. The van der Waals surface area contributed by atoms with Gasteiger partial charge >= 0.3 is 5.97 Å². The molecule has 1 N–H and O–H groups in total. The van der Waals surface area contributed by atoms with E-state index >= 15 is 0 Å². The number of carbonyl (C=O) groups is 1. The molecule has 19 heavy (non-hydrogen) atoms. The molecule has 0 radical (unpaired) electrons. The van der Waals surface area contributed by atoms with Crippen molar-refractivity contribution in [3.63, 3.8) is 0 Å². The zero-order valence-corrected chi connectivity index (χ0v) is 11.8. The number of rotatable bonds is 0. The lowest BCUT2D eigenvalue weighted by molar-refractivity contribution is -0.144. The normalized spacial score (nSPS) is 49.8. The molecule has 2 fully saturated rings. The minimum Gasteiger partial charge on any atom is -0.459 e. The molecule has 0 aromatic carbocycles. The lowest BCUT2D eigenvalue weighted by atomic mass is 9.80. The van der Waals surface area contributed by atoms with E-state index in [-0.39, 0.29) is 35.6 Å². The van der Waals surface area contributed by atoms with Crippen molar-refractivity contribution in [2.24, 2.45) is 11.8 Å². The minimum atomic E-state index is -0.479. The van der Waals surface area contributed by atoms with Crippen molar-refractivity contribution < 1.29 is 19.4 Å². The minimum absolute atomic E-state index is 0.00501. The summed E-state index contributed by atoms with van der Waals surface area (Å²) < 4.78 is 11.3. The molecule has 2 unspecified atom stereocenters. The zero-order valence-electron chi connectivity index (χ0n) is 11.8. The zero-order chi connectivity index (χ0) is 13.8. The van der Waals surface area contributed by atoms with Crippen LogP contribution in [0.2, 0.25) is 0 Å². The van der Waals surface area contributed by atoms with E-state index in [4.69, 9.17) is 9.47 Å². The molecule has 4 heteroatoms. The van der Waals surface area contributed by atoms with Crippen LogP contribution in [0, 0.1) is 11.8 Å². The summed E-state index contributed by atoms with van der Waals surface area (Å²) in [5, 5.41) is 10.2. The van der Waals surface area contributed by atoms with Gasteiger partial charge in [-0.05, 0) is 38.7 Å². The SMILES string of the molecule is CC1=CCC[C@@]2(C)O[C@@H]2[C@H]2OC(=O)C(C)C2C[C@H]1O. The number of ether oxygens (including phenoxy) is 2. The molecule has 0 saturated carbocycles. The number of esters is 1. The molecule has 1 aliphatic carbocycles. The van der Waals surface area contributed by atoms with Crippen LogP contribution in [0.25, 0.3) is 0 Å². The molecule has 2 saturated heterocycles. The molecule has 0 amide bonds. The molecule has 2 aliphatic heterocycles. The second kappa shape index (κ2) is 4.32. The molecule has 0 aromatic heterocycles. The second-order valence-electron chi connectivity index (χ2n) is 6.44. The lowest BCUT2D eigenvalue weighted by Gasteiger charge is -2.23. The molecule has 2 heterocycles. The van der Waals surface area contributed by atoms with Gasteiger partial charge in [-0.15, -0.1) is 0 Å². The monoisotopic (exact) mass is 266 g/mol. The van der Waals surface area contributed by atoms with E-state index < -0.39 is 6.10 Å². The molecule has 0 bridgehead atoms. The fourth-order valence-corrected chi connectivity index (χ4v) is 3.45. The molecule has 3 aliphatic rings. The Morgan fingerprint density at radius 2 is 2.21 bits per heavy atom. The Balaban J connectivity index is 1.89. The average Bonchev–Trinajstić information content (AvgIpc) is 2.95. The highest BCUT2D eigenvalue weighted by Crippen LogP contribution is 2.50. The van der Waals surface area contributed by atoms with Gasteiger partial charge in [0.05, 0.1) is 17.6 Å². The third kappa shape index (κ3) is 2.11. The molecular weight excluding hydrogens is 244 g/mol. The van der Waals surface area contributed by atoms with Crippen LogP contribution >= 0.6 is 0 Å². The third-order valence-electron chi connectivity index (χ3n) is 5.06. The first kappa shape index (κ1) is 13.1. The summed E-state index contributed by atoms with van der Waals surface area (Å²) in [6, 6.07) is 0. The van der Waals surface area contributed by atoms with Gasteiger partial charge in [-0.3, -0.25) is 4.79 Å². The summed E-state index contributed by atoms with van der Waals surface area (Å²) in [7, 11) is 0. The van der Waals surface area contributed by atoms with Crippen LogP contribution in [0.3, 0.4) is 0 Å². The van der Waals surface area contributed by atoms with E-state index in [1.807, 2.05) is 13.8 Å². The van der Waals surface area contributed by atoms with Crippen LogP contribution < -0.4 is 0 Å². The Bertz CT molecular complexity index is 430. The van der Waals surface area contributed by atoms with E-state index in [1.165, 1.54) is 0 Å². The molecule has 106 valence electrons. The Kier molecular flexibility index (Phi) is 2.98. The number of hydrogen-bond donors (Lipinski definition) is 1. The quantitative estimate of drug-likeness (QED) is 0.413. The molecular formula is C15H22O4. The smallest absolute Gasteiger partial charge is 0.309 e. The highest BCUT2D eigenvalue weighted by atomic mass is 16.6. The van der Waals surface area contributed by atoms with E-state index in [1.54, 1.807) is 0 Å². The number of fused-ring (bicyclic) bond motifs is 3. The van der Waals surface area contributed by atoms with Crippen molar-refractivity contribution in [3.05, 3.63) is 11.6 Å². The van der Waals surface area contributed by atoms with E-state index in [0.717, 1.165) is 18.4 Å². The van der Waals surface area contributed by atoms with Gasteiger partial charge in [0, 0.05) is 5.92 Å². The van der Waals surface area contributed by atoms with Gasteiger partial charge in [0.1, 0.15) is 12.2 Å². The summed E-state index contributed by atoms with van der Waals surface area (Å²) in [5.41, 5.74) is 0.833. The molecule has 0 aromatic rings. The van der Waals surface area contributed by atoms with Crippen LogP contribution in [-0.4, -0.2) is 35.0 Å². The summed E-state index contributed by atoms with van der Waals surface area (Å²) >= 11 is 0. The van der Waals surface area contributed by atoms with Gasteiger partial charge in [0.2, 0.25) is 0 Å². The Labute approximate surface area is 113 Å². The molecule has 3 rings (SSSR count). The van der Waals surface area contributed by atoms with Gasteiger partial charge < -0.3 is 14.6 Å². The standard InChI is InChI=1S/C15H22O4/c1-8-5-4-6-15(3)13(19-15)12-10(7-11(8)16)9(2)14(17)18-12/h5,9-13,16H,4,6-7H2,1-3H3/t9?,10?,11-,12+,13-,15-/m1/s1. The maximum atomic E-state index is 11.8. The van der Waals surface area contributed by atoms with Gasteiger partial charge in [-0.25, -0.2) is 0 Å². The largest absolute Gasteiger partial charge is 0.459 e. The van der Waals surface area contributed by atoms with Crippen molar-refractivity contribution >= 4 is 5.97 Å². The van der Waals surface area contributed by atoms with Crippen molar-refractivity contribution in [1.82, 2.24) is 0 Å². The van der Waals surface area contributed by atoms with E-state index in [2.05, 4.69) is 13.0 Å². The second-order valence-corrected chi connectivity index (χ2v) is 6.44. The first-order chi connectivity index (χ1) is 8.92. The molecule has 6 atom stereocenters. The predicted octanol–water partition coefficient (Wildman–Crippen LogP) is 1.81.